The molecule has 0 atom stereocenters. The summed E-state index contributed by atoms with van der Waals surface area (Å²) >= 11 is 0. The van der Waals surface area contributed by atoms with Gasteiger partial charge >= 0.3 is 0 Å². The number of aromatic nitrogens is 2. The average Bonchev–Trinajstić information content (AvgIpc) is 2.88. The van der Waals surface area contributed by atoms with Crippen molar-refractivity contribution in [1.82, 2.24) is 9.78 Å². The summed E-state index contributed by atoms with van der Waals surface area (Å²) in [5.74, 6) is 0.865. The van der Waals surface area contributed by atoms with Gasteiger partial charge in [-0.2, -0.15) is 5.10 Å². The minimum absolute atomic E-state index is 0.527. The molecule has 0 fully saturated rings. The number of hydrogen-bond acceptors (Lipinski definition) is 3. The molecule has 1 aromatic heterocycles. The molecule has 112 valence electrons. The highest BCUT2D eigenvalue weighted by atomic mass is 16.5. The van der Waals surface area contributed by atoms with Crippen molar-refractivity contribution in [2.24, 2.45) is 7.05 Å². The first-order valence-corrected chi connectivity index (χ1v) is 7.08. The lowest BCUT2D eigenvalue weighted by Crippen LogP contribution is -2.02. The molecule has 2 aromatic rings. The van der Waals surface area contributed by atoms with Gasteiger partial charge in [-0.05, 0) is 36.2 Å². The standard InChI is InChI=1S/C17H22N2O2/c1-4-10-21-17-6-5-15(14(2)12-17)13-20-11-8-16-7-9-19(3)18-16/h4-7,9,12H,1,8,10-11,13H2,2-3H3. The van der Waals surface area contributed by atoms with E-state index in [9.17, 15) is 0 Å². The number of aryl methyl sites for hydroxylation is 2. The van der Waals surface area contributed by atoms with Crippen LogP contribution in [0.3, 0.4) is 0 Å². The Balaban J connectivity index is 1.78. The molecule has 0 amide bonds. The normalized spacial score (nSPS) is 10.6. The fraction of sp³-hybridized carbons (Fsp3) is 0.353. The molecular formula is C17H22N2O2. The van der Waals surface area contributed by atoms with Gasteiger partial charge in [-0.1, -0.05) is 18.7 Å². The van der Waals surface area contributed by atoms with Gasteiger partial charge in [0.1, 0.15) is 12.4 Å². The second-order valence-electron chi connectivity index (χ2n) is 4.97. The molecule has 2 rings (SSSR count). The smallest absolute Gasteiger partial charge is 0.120 e. The van der Waals surface area contributed by atoms with Gasteiger partial charge < -0.3 is 9.47 Å². The van der Waals surface area contributed by atoms with Crippen LogP contribution in [-0.4, -0.2) is 23.0 Å². The van der Waals surface area contributed by atoms with Crippen LogP contribution in [0.5, 0.6) is 5.75 Å². The molecule has 0 radical (unpaired) electrons. The summed E-state index contributed by atoms with van der Waals surface area (Å²) in [5, 5.41) is 4.32. The molecule has 0 saturated carbocycles. The third-order valence-corrected chi connectivity index (χ3v) is 3.21. The zero-order chi connectivity index (χ0) is 15.1. The van der Waals surface area contributed by atoms with Crippen molar-refractivity contribution in [3.8, 4) is 5.75 Å². The van der Waals surface area contributed by atoms with Crippen LogP contribution in [0, 0.1) is 6.92 Å². The summed E-state index contributed by atoms with van der Waals surface area (Å²) in [4.78, 5) is 0. The van der Waals surface area contributed by atoms with Crippen molar-refractivity contribution in [3.05, 3.63) is 59.9 Å². The molecule has 0 aliphatic heterocycles. The number of nitrogens with zero attached hydrogens (tertiary/aromatic N) is 2. The lowest BCUT2D eigenvalue weighted by molar-refractivity contribution is 0.122. The molecule has 21 heavy (non-hydrogen) atoms. The molecule has 4 nitrogen and oxygen atoms in total. The van der Waals surface area contributed by atoms with Crippen molar-refractivity contribution in [2.75, 3.05) is 13.2 Å². The Kier molecular flexibility index (Phi) is 5.58. The van der Waals surface area contributed by atoms with E-state index in [1.165, 1.54) is 11.1 Å². The van der Waals surface area contributed by atoms with Gasteiger partial charge in [0.2, 0.25) is 0 Å². The Bertz CT molecular complexity index is 590. The highest BCUT2D eigenvalue weighted by Crippen LogP contribution is 2.18. The highest BCUT2D eigenvalue weighted by molar-refractivity contribution is 5.34. The summed E-state index contributed by atoms with van der Waals surface area (Å²) < 4.78 is 13.0. The maximum Gasteiger partial charge on any atom is 0.120 e. The van der Waals surface area contributed by atoms with E-state index in [1.54, 1.807) is 6.08 Å². The molecule has 0 aliphatic carbocycles. The first-order valence-electron chi connectivity index (χ1n) is 7.08. The Morgan fingerprint density at radius 1 is 1.33 bits per heavy atom. The van der Waals surface area contributed by atoms with Crippen molar-refractivity contribution < 1.29 is 9.47 Å². The summed E-state index contributed by atoms with van der Waals surface area (Å²) in [6.45, 7) is 7.52. The van der Waals surface area contributed by atoms with Crippen LogP contribution in [0.2, 0.25) is 0 Å². The fourth-order valence-electron chi connectivity index (χ4n) is 2.03. The summed E-state index contributed by atoms with van der Waals surface area (Å²) in [5.41, 5.74) is 3.42. The zero-order valence-corrected chi connectivity index (χ0v) is 12.7. The molecule has 0 spiro atoms. The third kappa shape index (κ3) is 4.76. The second-order valence-corrected chi connectivity index (χ2v) is 4.97. The van der Waals surface area contributed by atoms with E-state index in [0.717, 1.165) is 17.9 Å². The second kappa shape index (κ2) is 7.64. The number of ether oxygens (including phenoxy) is 2. The van der Waals surface area contributed by atoms with E-state index in [0.29, 0.717) is 19.8 Å². The average molecular weight is 286 g/mol. The maximum absolute atomic E-state index is 5.73. The van der Waals surface area contributed by atoms with Gasteiger partial charge in [0.25, 0.3) is 0 Å². The first kappa shape index (κ1) is 15.3. The molecule has 0 aliphatic rings. The monoisotopic (exact) mass is 286 g/mol. The van der Waals surface area contributed by atoms with Crippen molar-refractivity contribution >= 4 is 0 Å². The molecule has 0 saturated heterocycles. The Hall–Kier alpha value is -2.07. The molecular weight excluding hydrogens is 264 g/mol. The van der Waals surface area contributed by atoms with Crippen LogP contribution in [0.1, 0.15) is 16.8 Å². The van der Waals surface area contributed by atoms with Crippen LogP contribution >= 0.6 is 0 Å². The summed E-state index contributed by atoms with van der Waals surface area (Å²) in [6.07, 6.45) is 4.52. The zero-order valence-electron chi connectivity index (χ0n) is 12.7. The predicted molar refractivity (Wildman–Crippen MR) is 83.4 cm³/mol. The predicted octanol–water partition coefficient (Wildman–Crippen LogP) is 3.05. The van der Waals surface area contributed by atoms with Gasteiger partial charge in [0, 0.05) is 19.7 Å². The number of benzene rings is 1. The minimum Gasteiger partial charge on any atom is -0.490 e. The van der Waals surface area contributed by atoms with E-state index in [2.05, 4.69) is 24.7 Å². The molecule has 0 unspecified atom stereocenters. The fourth-order valence-corrected chi connectivity index (χ4v) is 2.03. The van der Waals surface area contributed by atoms with Gasteiger partial charge in [-0.15, -0.1) is 0 Å². The van der Waals surface area contributed by atoms with Crippen LogP contribution in [0.15, 0.2) is 43.1 Å². The van der Waals surface area contributed by atoms with Gasteiger partial charge in [0.05, 0.1) is 18.9 Å². The van der Waals surface area contributed by atoms with Crippen molar-refractivity contribution in [2.45, 2.75) is 20.0 Å². The Morgan fingerprint density at radius 2 is 2.19 bits per heavy atom. The SMILES string of the molecule is C=CCOc1ccc(COCCc2ccn(C)n2)c(C)c1. The van der Waals surface area contributed by atoms with Crippen molar-refractivity contribution in [1.29, 1.82) is 0 Å². The van der Waals surface area contributed by atoms with Gasteiger partial charge in [-0.3, -0.25) is 4.68 Å². The maximum atomic E-state index is 5.73. The van der Waals surface area contributed by atoms with Gasteiger partial charge in [0.15, 0.2) is 0 Å². The lowest BCUT2D eigenvalue weighted by atomic mass is 10.1. The topological polar surface area (TPSA) is 36.3 Å². The molecule has 1 heterocycles. The quantitative estimate of drug-likeness (QED) is 0.553. The van der Waals surface area contributed by atoms with Crippen LogP contribution in [-0.2, 0) is 24.8 Å². The minimum atomic E-state index is 0.527. The van der Waals surface area contributed by atoms with Crippen LogP contribution in [0.25, 0.3) is 0 Å². The lowest BCUT2D eigenvalue weighted by Gasteiger charge is -2.09. The molecule has 0 bridgehead atoms. The Labute approximate surface area is 126 Å². The largest absolute Gasteiger partial charge is 0.490 e. The number of hydrogen-bond donors (Lipinski definition) is 0. The molecule has 0 N–H and O–H groups in total. The van der Waals surface area contributed by atoms with E-state index in [-0.39, 0.29) is 0 Å². The summed E-state index contributed by atoms with van der Waals surface area (Å²) in [6, 6.07) is 8.06. The molecule has 1 aromatic carbocycles. The van der Waals surface area contributed by atoms with E-state index in [1.807, 2.05) is 36.1 Å². The van der Waals surface area contributed by atoms with Crippen molar-refractivity contribution in [3.63, 3.8) is 0 Å². The number of rotatable bonds is 8. The van der Waals surface area contributed by atoms with E-state index >= 15 is 0 Å². The molecule has 4 heteroatoms. The van der Waals surface area contributed by atoms with Crippen LogP contribution in [0.4, 0.5) is 0 Å². The highest BCUT2D eigenvalue weighted by Gasteiger charge is 2.02. The first-order chi connectivity index (χ1) is 10.2. The van der Waals surface area contributed by atoms with E-state index in [4.69, 9.17) is 9.47 Å². The third-order valence-electron chi connectivity index (χ3n) is 3.21. The van der Waals surface area contributed by atoms with Gasteiger partial charge in [-0.25, -0.2) is 0 Å². The Morgan fingerprint density at radius 3 is 2.86 bits per heavy atom. The summed E-state index contributed by atoms with van der Waals surface area (Å²) in [7, 11) is 1.92. The van der Waals surface area contributed by atoms with E-state index < -0.39 is 0 Å². The van der Waals surface area contributed by atoms with Crippen LogP contribution < -0.4 is 4.74 Å².